The van der Waals surface area contributed by atoms with Crippen molar-refractivity contribution in [3.8, 4) is 5.75 Å². The second kappa shape index (κ2) is 10.2. The minimum absolute atomic E-state index is 0.0791. The van der Waals surface area contributed by atoms with Gasteiger partial charge < -0.3 is 14.2 Å². The minimum Gasteiger partial charge on any atom is -0.494 e. The number of carbonyl (C=O) groups excluding carboxylic acids is 1. The van der Waals surface area contributed by atoms with Gasteiger partial charge in [0, 0.05) is 31.1 Å². The van der Waals surface area contributed by atoms with Crippen molar-refractivity contribution in [2.75, 3.05) is 18.1 Å². The summed E-state index contributed by atoms with van der Waals surface area (Å²) in [6, 6.07) is 20.9. The molecule has 0 spiro atoms. The zero-order chi connectivity index (χ0) is 25.2. The zero-order valence-corrected chi connectivity index (χ0v) is 21.8. The van der Waals surface area contributed by atoms with E-state index in [2.05, 4.69) is 86.9 Å². The number of benzene rings is 3. The largest absolute Gasteiger partial charge is 0.494 e. The summed E-state index contributed by atoms with van der Waals surface area (Å²) >= 11 is 0. The van der Waals surface area contributed by atoms with Crippen molar-refractivity contribution in [3.63, 3.8) is 0 Å². The predicted octanol–water partition coefficient (Wildman–Crippen LogP) is 6.65. The van der Waals surface area contributed by atoms with Gasteiger partial charge in [-0.05, 0) is 87.1 Å². The summed E-state index contributed by atoms with van der Waals surface area (Å²) in [6.07, 6.45) is 2.43. The fraction of sp³-hybridized carbons (Fsp3) is 0.355. The van der Waals surface area contributed by atoms with Crippen molar-refractivity contribution in [2.45, 2.75) is 59.4 Å². The second-order valence-corrected chi connectivity index (χ2v) is 10.1. The van der Waals surface area contributed by atoms with E-state index in [-0.39, 0.29) is 11.8 Å². The number of hydrogen-bond acceptors (Lipinski definition) is 3. The van der Waals surface area contributed by atoms with Crippen molar-refractivity contribution >= 4 is 22.6 Å². The van der Waals surface area contributed by atoms with E-state index in [1.807, 2.05) is 11.0 Å². The van der Waals surface area contributed by atoms with Crippen molar-refractivity contribution in [2.24, 2.45) is 0 Å². The molecule has 186 valence electrons. The first kappa shape index (κ1) is 24.1. The highest BCUT2D eigenvalue weighted by molar-refractivity contribution is 5.98. The van der Waals surface area contributed by atoms with Crippen LogP contribution in [0.3, 0.4) is 0 Å². The number of rotatable bonds is 8. The number of amides is 1. The van der Waals surface area contributed by atoms with Crippen LogP contribution in [-0.2, 0) is 11.3 Å². The van der Waals surface area contributed by atoms with E-state index in [0.717, 1.165) is 58.8 Å². The van der Waals surface area contributed by atoms with Crippen LogP contribution in [-0.4, -0.2) is 28.6 Å². The Hall–Kier alpha value is -3.60. The summed E-state index contributed by atoms with van der Waals surface area (Å²) < 4.78 is 8.36. The third kappa shape index (κ3) is 4.88. The lowest BCUT2D eigenvalue weighted by atomic mass is 10.1. The van der Waals surface area contributed by atoms with Crippen LogP contribution in [0.2, 0.25) is 0 Å². The fourth-order valence-corrected chi connectivity index (χ4v) is 5.55. The van der Waals surface area contributed by atoms with Gasteiger partial charge in [-0.25, -0.2) is 4.98 Å². The van der Waals surface area contributed by atoms with Gasteiger partial charge in [-0.15, -0.1) is 0 Å². The molecule has 1 aromatic heterocycles. The highest BCUT2D eigenvalue weighted by Crippen LogP contribution is 2.36. The van der Waals surface area contributed by atoms with E-state index in [1.165, 1.54) is 11.1 Å². The maximum absolute atomic E-state index is 13.1. The van der Waals surface area contributed by atoms with Crippen LogP contribution in [0, 0.1) is 27.7 Å². The highest BCUT2D eigenvalue weighted by Gasteiger charge is 2.35. The van der Waals surface area contributed by atoms with Gasteiger partial charge in [-0.2, -0.15) is 0 Å². The first-order chi connectivity index (χ1) is 17.4. The maximum Gasteiger partial charge on any atom is 0.227 e. The van der Waals surface area contributed by atoms with Gasteiger partial charge in [0.25, 0.3) is 0 Å². The summed E-state index contributed by atoms with van der Waals surface area (Å²) in [7, 11) is 0. The molecule has 1 fully saturated rings. The van der Waals surface area contributed by atoms with Gasteiger partial charge in [-0.3, -0.25) is 4.79 Å². The molecule has 1 aliphatic rings. The molecular formula is C31H35N3O2. The van der Waals surface area contributed by atoms with E-state index in [9.17, 15) is 4.79 Å². The average Bonchev–Trinajstić information content (AvgIpc) is 3.39. The Balaban J connectivity index is 1.31. The third-order valence-electron chi connectivity index (χ3n) is 7.12. The Bertz CT molecular complexity index is 1360. The van der Waals surface area contributed by atoms with Gasteiger partial charge in [0.2, 0.25) is 5.91 Å². The summed E-state index contributed by atoms with van der Waals surface area (Å²) in [5.41, 5.74) is 7.91. The van der Waals surface area contributed by atoms with Crippen molar-refractivity contribution in [1.82, 2.24) is 9.55 Å². The molecular weight excluding hydrogens is 446 g/mol. The Labute approximate surface area is 213 Å². The maximum atomic E-state index is 13.1. The molecule has 2 heterocycles. The monoisotopic (exact) mass is 481 g/mol. The van der Waals surface area contributed by atoms with Crippen molar-refractivity contribution in [1.29, 1.82) is 0 Å². The second-order valence-electron chi connectivity index (χ2n) is 10.1. The number of hydrogen-bond donors (Lipinski definition) is 0. The highest BCUT2D eigenvalue weighted by atomic mass is 16.5. The standard InChI is InChI=1S/C31H35N3O2/c1-21-16-22(2)18-26(17-21)36-15-8-7-14-33-28-13-6-5-12-27(28)32-31(33)25-19-29(35)34(20-25)30-23(3)10-9-11-24(30)4/h5-6,9-13,16-18,25H,7-8,14-15,19-20H2,1-4H3. The number of fused-ring (bicyclic) bond motifs is 1. The molecule has 0 aliphatic carbocycles. The van der Waals surface area contributed by atoms with Crippen molar-refractivity contribution in [3.05, 3.63) is 88.7 Å². The van der Waals surface area contributed by atoms with Crippen LogP contribution in [0.1, 0.15) is 53.3 Å². The molecule has 5 nitrogen and oxygen atoms in total. The number of nitrogens with zero attached hydrogens (tertiary/aromatic N) is 3. The smallest absolute Gasteiger partial charge is 0.227 e. The number of aromatic nitrogens is 2. The van der Waals surface area contributed by atoms with Crippen LogP contribution < -0.4 is 9.64 Å². The number of anilines is 1. The number of carbonyl (C=O) groups is 1. The molecule has 1 atom stereocenters. The van der Waals surface area contributed by atoms with E-state index in [0.29, 0.717) is 19.6 Å². The lowest BCUT2D eigenvalue weighted by Crippen LogP contribution is -2.26. The number of para-hydroxylation sites is 3. The van der Waals surface area contributed by atoms with Gasteiger partial charge in [0.15, 0.2) is 0 Å². The molecule has 0 N–H and O–H groups in total. The molecule has 5 rings (SSSR count). The summed E-state index contributed by atoms with van der Waals surface area (Å²) in [6.45, 7) is 10.6. The third-order valence-corrected chi connectivity index (χ3v) is 7.12. The fourth-order valence-electron chi connectivity index (χ4n) is 5.55. The average molecular weight is 482 g/mol. The van der Waals surface area contributed by atoms with Gasteiger partial charge in [0.1, 0.15) is 11.6 Å². The topological polar surface area (TPSA) is 47.4 Å². The molecule has 3 aromatic carbocycles. The van der Waals surface area contributed by atoms with Crippen LogP contribution in [0.4, 0.5) is 5.69 Å². The van der Waals surface area contributed by atoms with E-state index in [4.69, 9.17) is 9.72 Å². The van der Waals surface area contributed by atoms with E-state index in [1.54, 1.807) is 0 Å². The molecule has 0 bridgehead atoms. The summed E-state index contributed by atoms with van der Waals surface area (Å²) in [5.74, 6) is 2.22. The lowest BCUT2D eigenvalue weighted by Gasteiger charge is -2.21. The van der Waals surface area contributed by atoms with Crippen molar-refractivity contribution < 1.29 is 9.53 Å². The Kier molecular flexibility index (Phi) is 6.82. The molecule has 36 heavy (non-hydrogen) atoms. The Morgan fingerprint density at radius 2 is 1.64 bits per heavy atom. The Morgan fingerprint density at radius 3 is 2.39 bits per heavy atom. The van der Waals surface area contributed by atoms with Crippen LogP contribution in [0.25, 0.3) is 11.0 Å². The van der Waals surface area contributed by atoms with E-state index >= 15 is 0 Å². The first-order valence-corrected chi connectivity index (χ1v) is 12.9. The molecule has 1 aliphatic heterocycles. The zero-order valence-electron chi connectivity index (χ0n) is 21.8. The van der Waals surface area contributed by atoms with Gasteiger partial charge >= 0.3 is 0 Å². The number of unbranched alkanes of at least 4 members (excludes halogenated alkanes) is 1. The number of imidazole rings is 1. The SMILES string of the molecule is Cc1cc(C)cc(OCCCCn2c(C3CC(=O)N(c4c(C)cccc4C)C3)nc3ccccc32)c1. The predicted molar refractivity (Wildman–Crippen MR) is 146 cm³/mol. The Morgan fingerprint density at radius 1 is 0.917 bits per heavy atom. The normalized spacial score (nSPS) is 15.7. The lowest BCUT2D eigenvalue weighted by molar-refractivity contribution is -0.117. The molecule has 1 amide bonds. The molecule has 4 aromatic rings. The van der Waals surface area contributed by atoms with Crippen LogP contribution in [0.15, 0.2) is 60.7 Å². The minimum atomic E-state index is 0.0791. The van der Waals surface area contributed by atoms with E-state index < -0.39 is 0 Å². The van der Waals surface area contributed by atoms with Crippen LogP contribution >= 0.6 is 0 Å². The molecule has 0 radical (unpaired) electrons. The summed E-state index contributed by atoms with van der Waals surface area (Å²) in [4.78, 5) is 20.1. The summed E-state index contributed by atoms with van der Waals surface area (Å²) in [5, 5.41) is 0. The van der Waals surface area contributed by atoms with Gasteiger partial charge in [0.05, 0.1) is 17.6 Å². The van der Waals surface area contributed by atoms with Gasteiger partial charge in [-0.1, -0.05) is 36.4 Å². The quantitative estimate of drug-likeness (QED) is 0.265. The number of ether oxygens (including phenoxy) is 1. The first-order valence-electron chi connectivity index (χ1n) is 12.9. The molecule has 0 saturated carbocycles. The molecule has 1 unspecified atom stereocenters. The number of aryl methyl sites for hydroxylation is 5. The molecule has 5 heteroatoms. The van der Waals surface area contributed by atoms with Crippen LogP contribution in [0.5, 0.6) is 5.75 Å². The molecule has 1 saturated heterocycles.